The van der Waals surface area contributed by atoms with Crippen molar-refractivity contribution in [2.45, 2.75) is 6.61 Å². The molecule has 1 aromatic carbocycles. The monoisotopic (exact) mass is 369 g/mol. The van der Waals surface area contributed by atoms with E-state index in [2.05, 4.69) is 4.98 Å². The van der Waals surface area contributed by atoms with Crippen molar-refractivity contribution in [1.29, 1.82) is 0 Å². The van der Waals surface area contributed by atoms with E-state index in [0.29, 0.717) is 16.7 Å². The van der Waals surface area contributed by atoms with E-state index < -0.39 is 5.97 Å². The zero-order valence-corrected chi connectivity index (χ0v) is 14.4. The summed E-state index contributed by atoms with van der Waals surface area (Å²) >= 11 is 3.09. The molecule has 0 saturated heterocycles. The minimum atomic E-state index is -0.687. The highest BCUT2D eigenvalue weighted by Gasteiger charge is 2.15. The van der Waals surface area contributed by atoms with Crippen molar-refractivity contribution in [3.8, 4) is 10.6 Å². The lowest BCUT2D eigenvalue weighted by Crippen LogP contribution is -2.10. The van der Waals surface area contributed by atoms with E-state index in [4.69, 9.17) is 9.15 Å². The topological polar surface area (TPSA) is 69.4 Å². The number of thiazole rings is 1. The average molecular weight is 369 g/mol. The van der Waals surface area contributed by atoms with E-state index in [0.717, 1.165) is 16.6 Å². The van der Waals surface area contributed by atoms with Gasteiger partial charge in [-0.1, -0.05) is 12.1 Å². The van der Waals surface area contributed by atoms with Gasteiger partial charge in [-0.2, -0.15) is 11.3 Å². The molecule has 124 valence electrons. The summed E-state index contributed by atoms with van der Waals surface area (Å²) in [5.41, 5.74) is 1.79. The minimum Gasteiger partial charge on any atom is -0.453 e. The molecule has 0 N–H and O–H groups in total. The van der Waals surface area contributed by atoms with Crippen molar-refractivity contribution in [3.05, 3.63) is 74.2 Å². The third-order valence-electron chi connectivity index (χ3n) is 3.51. The highest BCUT2D eigenvalue weighted by atomic mass is 32.1. The van der Waals surface area contributed by atoms with Crippen molar-refractivity contribution in [2.75, 3.05) is 0 Å². The Morgan fingerprint density at radius 3 is 2.92 bits per heavy atom. The number of fused-ring (bicyclic) bond motifs is 1. The Morgan fingerprint density at radius 2 is 2.08 bits per heavy atom. The number of nitrogens with zero attached hydrogens (tertiary/aromatic N) is 1. The number of esters is 1. The molecule has 0 fully saturated rings. The Hall–Kier alpha value is -2.77. The maximum atomic E-state index is 12.2. The molecular formula is C18H11NO4S2. The predicted molar refractivity (Wildman–Crippen MR) is 97.0 cm³/mol. The molecule has 5 nitrogen and oxygen atoms in total. The van der Waals surface area contributed by atoms with Gasteiger partial charge in [-0.25, -0.2) is 9.78 Å². The standard InChI is InChI=1S/C18H11NO4S2/c20-14-7-16(23-15-4-2-1-3-13(14)15)18(21)22-8-12-10-25-17(19-12)11-5-6-24-9-11/h1-7,9-10H,8H2. The van der Waals surface area contributed by atoms with Gasteiger partial charge in [0.15, 0.2) is 5.43 Å². The van der Waals surface area contributed by atoms with Crippen molar-refractivity contribution in [2.24, 2.45) is 0 Å². The number of rotatable bonds is 4. The van der Waals surface area contributed by atoms with Crippen LogP contribution in [0, 0.1) is 0 Å². The first-order valence-corrected chi connectivity index (χ1v) is 9.20. The smallest absolute Gasteiger partial charge is 0.374 e. The van der Waals surface area contributed by atoms with Crippen LogP contribution in [0.3, 0.4) is 0 Å². The molecule has 4 aromatic rings. The van der Waals surface area contributed by atoms with Crippen LogP contribution in [0.1, 0.15) is 16.2 Å². The zero-order valence-electron chi connectivity index (χ0n) is 12.8. The van der Waals surface area contributed by atoms with Gasteiger partial charge in [0.1, 0.15) is 17.2 Å². The van der Waals surface area contributed by atoms with Gasteiger partial charge >= 0.3 is 5.97 Å². The van der Waals surface area contributed by atoms with Gasteiger partial charge in [0, 0.05) is 22.4 Å². The SMILES string of the molecule is O=C(OCc1csc(-c2ccsc2)n1)c1cc(=O)c2ccccc2o1. The summed E-state index contributed by atoms with van der Waals surface area (Å²) in [7, 11) is 0. The van der Waals surface area contributed by atoms with Crippen LogP contribution in [0.15, 0.2) is 61.8 Å². The number of benzene rings is 1. The quantitative estimate of drug-likeness (QED) is 0.501. The van der Waals surface area contributed by atoms with Crippen molar-refractivity contribution in [1.82, 2.24) is 4.98 Å². The first-order valence-electron chi connectivity index (χ1n) is 7.38. The third-order valence-corrected chi connectivity index (χ3v) is 5.13. The van der Waals surface area contributed by atoms with E-state index in [1.54, 1.807) is 35.6 Å². The van der Waals surface area contributed by atoms with Crippen LogP contribution in [0.2, 0.25) is 0 Å². The van der Waals surface area contributed by atoms with Crippen molar-refractivity contribution < 1.29 is 13.9 Å². The van der Waals surface area contributed by atoms with Gasteiger partial charge in [-0.05, 0) is 23.6 Å². The highest BCUT2D eigenvalue weighted by Crippen LogP contribution is 2.26. The molecular weight excluding hydrogens is 358 g/mol. The molecule has 25 heavy (non-hydrogen) atoms. The van der Waals surface area contributed by atoms with E-state index in [1.165, 1.54) is 11.3 Å². The minimum absolute atomic E-state index is 0.0238. The number of ether oxygens (including phenoxy) is 1. The fourth-order valence-electron chi connectivity index (χ4n) is 2.31. The summed E-state index contributed by atoms with van der Waals surface area (Å²) in [5.74, 6) is -0.801. The maximum Gasteiger partial charge on any atom is 0.374 e. The lowest BCUT2D eigenvalue weighted by molar-refractivity contribution is 0.0432. The molecule has 0 bridgehead atoms. The molecule has 3 aromatic heterocycles. The fraction of sp³-hybridized carbons (Fsp3) is 0.0556. The lowest BCUT2D eigenvalue weighted by atomic mass is 10.2. The predicted octanol–water partition coefficient (Wildman–Crippen LogP) is 4.34. The highest BCUT2D eigenvalue weighted by molar-refractivity contribution is 7.14. The van der Waals surface area contributed by atoms with Gasteiger partial charge < -0.3 is 9.15 Å². The lowest BCUT2D eigenvalue weighted by Gasteiger charge is -2.03. The van der Waals surface area contributed by atoms with E-state index in [9.17, 15) is 9.59 Å². The van der Waals surface area contributed by atoms with Crippen molar-refractivity contribution >= 4 is 39.6 Å². The number of aromatic nitrogens is 1. The van der Waals surface area contributed by atoms with Crippen LogP contribution in [-0.4, -0.2) is 11.0 Å². The molecule has 0 spiro atoms. The number of thiophene rings is 1. The largest absolute Gasteiger partial charge is 0.453 e. The second kappa shape index (κ2) is 6.62. The molecule has 3 heterocycles. The molecule has 0 saturated carbocycles. The van der Waals surface area contributed by atoms with Gasteiger partial charge in [0.2, 0.25) is 5.76 Å². The summed E-state index contributed by atoms with van der Waals surface area (Å²) in [6.07, 6.45) is 0. The summed E-state index contributed by atoms with van der Waals surface area (Å²) in [6, 6.07) is 9.91. The molecule has 7 heteroatoms. The number of hydrogen-bond acceptors (Lipinski definition) is 7. The molecule has 0 radical (unpaired) electrons. The first-order chi connectivity index (χ1) is 12.2. The Morgan fingerprint density at radius 1 is 1.20 bits per heavy atom. The molecule has 0 aliphatic carbocycles. The van der Waals surface area contributed by atoms with Crippen LogP contribution >= 0.6 is 22.7 Å². The van der Waals surface area contributed by atoms with Crippen LogP contribution < -0.4 is 5.43 Å². The number of carbonyl (C=O) groups is 1. The first kappa shape index (κ1) is 15.7. The van der Waals surface area contributed by atoms with Crippen LogP contribution in [0.25, 0.3) is 21.5 Å². The molecule has 0 unspecified atom stereocenters. The molecule has 0 aliphatic heterocycles. The van der Waals surface area contributed by atoms with Gasteiger partial charge in [0.05, 0.1) is 11.1 Å². The Labute approximate surface area is 150 Å². The molecule has 0 aliphatic rings. The van der Waals surface area contributed by atoms with E-state index in [-0.39, 0.29) is 17.8 Å². The molecule has 0 atom stereocenters. The van der Waals surface area contributed by atoms with E-state index >= 15 is 0 Å². The summed E-state index contributed by atoms with van der Waals surface area (Å²) in [6.45, 7) is 0.0238. The fourth-order valence-corrected chi connectivity index (χ4v) is 3.82. The van der Waals surface area contributed by atoms with Crippen LogP contribution in [0.5, 0.6) is 0 Å². The Bertz CT molecular complexity index is 1100. The van der Waals surface area contributed by atoms with Gasteiger partial charge in [-0.3, -0.25) is 4.79 Å². The zero-order chi connectivity index (χ0) is 17.2. The normalized spacial score (nSPS) is 10.9. The Balaban J connectivity index is 1.50. The van der Waals surface area contributed by atoms with Gasteiger partial charge in [0.25, 0.3) is 0 Å². The Kier molecular flexibility index (Phi) is 4.17. The van der Waals surface area contributed by atoms with Crippen molar-refractivity contribution in [3.63, 3.8) is 0 Å². The second-order valence-electron chi connectivity index (χ2n) is 5.20. The average Bonchev–Trinajstić information content (AvgIpc) is 3.31. The number of para-hydroxylation sites is 1. The van der Waals surface area contributed by atoms with Gasteiger partial charge in [-0.15, -0.1) is 11.3 Å². The summed E-state index contributed by atoms with van der Waals surface area (Å²) in [5, 5.41) is 7.15. The second-order valence-corrected chi connectivity index (χ2v) is 6.84. The maximum absolute atomic E-state index is 12.2. The number of carbonyl (C=O) groups excluding carboxylic acids is 1. The molecule has 0 amide bonds. The van der Waals surface area contributed by atoms with E-state index in [1.807, 2.05) is 22.2 Å². The molecule has 4 rings (SSSR count). The summed E-state index contributed by atoms with van der Waals surface area (Å²) < 4.78 is 10.7. The summed E-state index contributed by atoms with van der Waals surface area (Å²) in [4.78, 5) is 28.6. The number of hydrogen-bond donors (Lipinski definition) is 0. The third kappa shape index (κ3) is 3.24. The van der Waals surface area contributed by atoms with Crippen LogP contribution in [0.4, 0.5) is 0 Å². The van der Waals surface area contributed by atoms with Crippen LogP contribution in [-0.2, 0) is 11.3 Å².